The zero-order valence-electron chi connectivity index (χ0n) is 14.1. The highest BCUT2D eigenvalue weighted by Gasteiger charge is 2.12. The molecule has 2 N–H and O–H groups in total. The van der Waals surface area contributed by atoms with Crippen LogP contribution in [0, 0.1) is 0 Å². The zero-order chi connectivity index (χ0) is 18.2. The Morgan fingerprint density at radius 2 is 1.64 bits per heavy atom. The lowest BCUT2D eigenvalue weighted by atomic mass is 10.1. The first-order valence-corrected chi connectivity index (χ1v) is 7.82. The van der Waals surface area contributed by atoms with Crippen LogP contribution in [-0.4, -0.2) is 24.9 Å². The Morgan fingerprint density at radius 1 is 1.00 bits per heavy atom. The van der Waals surface area contributed by atoms with E-state index in [0.29, 0.717) is 11.3 Å². The number of benzene rings is 2. The van der Waals surface area contributed by atoms with Gasteiger partial charge < -0.3 is 15.4 Å². The van der Waals surface area contributed by atoms with Gasteiger partial charge in [0, 0.05) is 11.3 Å². The van der Waals surface area contributed by atoms with Gasteiger partial charge in [0.15, 0.2) is 0 Å². The number of carbonyl (C=O) groups excluding carboxylic acids is 3. The van der Waals surface area contributed by atoms with Crippen molar-refractivity contribution in [2.24, 2.45) is 0 Å². The molecule has 0 spiro atoms. The number of methoxy groups -OCH3 is 1. The van der Waals surface area contributed by atoms with E-state index in [1.807, 2.05) is 37.3 Å². The van der Waals surface area contributed by atoms with Crippen LogP contribution < -0.4 is 10.6 Å². The molecule has 0 radical (unpaired) electrons. The molecular formula is C19H20N2O4. The van der Waals surface area contributed by atoms with E-state index in [2.05, 4.69) is 15.4 Å². The lowest BCUT2D eigenvalue weighted by molar-refractivity contribution is -0.142. The molecule has 2 rings (SSSR count). The summed E-state index contributed by atoms with van der Waals surface area (Å²) >= 11 is 0. The summed E-state index contributed by atoms with van der Waals surface area (Å²) in [6.45, 7) is 1.91. The van der Waals surface area contributed by atoms with Crippen LogP contribution in [0.1, 0.15) is 35.3 Å². The normalized spacial score (nSPS) is 11.3. The fraction of sp³-hybridized carbons (Fsp3) is 0.211. The third-order valence-corrected chi connectivity index (χ3v) is 3.61. The number of anilines is 1. The summed E-state index contributed by atoms with van der Waals surface area (Å²) in [6, 6.07) is 16.0. The topological polar surface area (TPSA) is 84.5 Å². The molecule has 0 saturated heterocycles. The largest absolute Gasteiger partial charge is 0.469 e. The SMILES string of the molecule is COC(=O)CC(=O)Nc1ccc(C(=O)NC(C)c2ccccc2)cc1. The highest BCUT2D eigenvalue weighted by Crippen LogP contribution is 2.14. The van der Waals surface area contributed by atoms with Crippen molar-refractivity contribution in [2.75, 3.05) is 12.4 Å². The zero-order valence-corrected chi connectivity index (χ0v) is 14.1. The Hall–Kier alpha value is -3.15. The molecule has 2 amide bonds. The number of amides is 2. The minimum atomic E-state index is -0.608. The van der Waals surface area contributed by atoms with E-state index in [1.165, 1.54) is 7.11 Å². The van der Waals surface area contributed by atoms with Crippen LogP contribution >= 0.6 is 0 Å². The summed E-state index contributed by atoms with van der Waals surface area (Å²) in [5.74, 6) is -1.28. The Labute approximate surface area is 146 Å². The quantitative estimate of drug-likeness (QED) is 0.625. The third kappa shape index (κ3) is 5.46. The molecule has 0 aliphatic carbocycles. The molecule has 1 atom stereocenters. The van der Waals surface area contributed by atoms with E-state index in [1.54, 1.807) is 24.3 Å². The fourth-order valence-electron chi connectivity index (χ4n) is 2.22. The summed E-state index contributed by atoms with van der Waals surface area (Å²) in [5, 5.41) is 5.49. The first-order valence-electron chi connectivity index (χ1n) is 7.82. The van der Waals surface area contributed by atoms with Gasteiger partial charge in [-0.1, -0.05) is 30.3 Å². The molecule has 25 heavy (non-hydrogen) atoms. The lowest BCUT2D eigenvalue weighted by Gasteiger charge is -2.14. The molecule has 0 aliphatic rings. The average molecular weight is 340 g/mol. The Bertz CT molecular complexity index is 742. The van der Waals surface area contributed by atoms with Crippen LogP contribution in [0.15, 0.2) is 54.6 Å². The highest BCUT2D eigenvalue weighted by atomic mass is 16.5. The van der Waals surface area contributed by atoms with Crippen LogP contribution in [0.25, 0.3) is 0 Å². The van der Waals surface area contributed by atoms with Gasteiger partial charge in [0.05, 0.1) is 13.2 Å². The second-order valence-corrected chi connectivity index (χ2v) is 5.48. The molecule has 130 valence electrons. The van der Waals surface area contributed by atoms with Gasteiger partial charge >= 0.3 is 5.97 Å². The van der Waals surface area contributed by atoms with Gasteiger partial charge in [-0.2, -0.15) is 0 Å². The maximum absolute atomic E-state index is 12.3. The smallest absolute Gasteiger partial charge is 0.315 e. The molecule has 2 aromatic rings. The molecule has 0 bridgehead atoms. The predicted octanol–water partition coefficient (Wildman–Crippen LogP) is 2.68. The molecule has 1 unspecified atom stereocenters. The van der Waals surface area contributed by atoms with Crippen LogP contribution in [0.4, 0.5) is 5.69 Å². The Balaban J connectivity index is 1.94. The van der Waals surface area contributed by atoms with Crippen LogP contribution in [0.5, 0.6) is 0 Å². The molecule has 0 aromatic heterocycles. The number of hydrogen-bond acceptors (Lipinski definition) is 4. The summed E-state index contributed by atoms with van der Waals surface area (Å²) in [4.78, 5) is 34.9. The molecule has 0 saturated carbocycles. The van der Waals surface area contributed by atoms with Gasteiger partial charge in [-0.15, -0.1) is 0 Å². The average Bonchev–Trinajstić information content (AvgIpc) is 2.62. The van der Waals surface area contributed by atoms with Crippen LogP contribution in [-0.2, 0) is 14.3 Å². The summed E-state index contributed by atoms with van der Waals surface area (Å²) in [5.41, 5.74) is 2.00. The second kappa shape index (κ2) is 8.63. The molecule has 0 aliphatic heterocycles. The van der Waals surface area contributed by atoms with Crippen molar-refractivity contribution in [3.63, 3.8) is 0 Å². The van der Waals surface area contributed by atoms with Gasteiger partial charge in [0.1, 0.15) is 6.42 Å². The highest BCUT2D eigenvalue weighted by molar-refractivity contribution is 6.02. The minimum Gasteiger partial charge on any atom is -0.469 e. The van der Waals surface area contributed by atoms with E-state index in [0.717, 1.165) is 5.56 Å². The lowest BCUT2D eigenvalue weighted by Crippen LogP contribution is -2.26. The summed E-state index contributed by atoms with van der Waals surface area (Å²) in [6.07, 6.45) is -0.354. The van der Waals surface area contributed by atoms with Crippen molar-refractivity contribution >= 4 is 23.5 Å². The molecule has 6 heteroatoms. The molecule has 6 nitrogen and oxygen atoms in total. The van der Waals surface area contributed by atoms with Crippen molar-refractivity contribution in [3.8, 4) is 0 Å². The minimum absolute atomic E-state index is 0.117. The van der Waals surface area contributed by atoms with Crippen LogP contribution in [0.2, 0.25) is 0 Å². The number of ether oxygens (including phenoxy) is 1. The van der Waals surface area contributed by atoms with Gasteiger partial charge in [-0.05, 0) is 36.8 Å². The van der Waals surface area contributed by atoms with E-state index in [4.69, 9.17) is 0 Å². The Morgan fingerprint density at radius 3 is 2.24 bits per heavy atom. The maximum atomic E-state index is 12.3. The first kappa shape index (κ1) is 18.2. The number of nitrogens with one attached hydrogen (secondary N) is 2. The molecule has 0 heterocycles. The summed E-state index contributed by atoms with van der Waals surface area (Å²) in [7, 11) is 1.22. The number of carbonyl (C=O) groups is 3. The van der Waals surface area contributed by atoms with Crippen molar-refractivity contribution in [1.82, 2.24) is 5.32 Å². The van der Waals surface area contributed by atoms with Gasteiger partial charge in [0.2, 0.25) is 5.91 Å². The molecule has 2 aromatic carbocycles. The first-order chi connectivity index (χ1) is 12.0. The standard InChI is InChI=1S/C19H20N2O4/c1-13(14-6-4-3-5-7-14)20-19(24)15-8-10-16(11-9-15)21-17(22)12-18(23)25-2/h3-11,13H,12H2,1-2H3,(H,20,24)(H,21,22). The second-order valence-electron chi connectivity index (χ2n) is 5.48. The molecule has 0 fully saturated rings. The fourth-order valence-corrected chi connectivity index (χ4v) is 2.22. The number of hydrogen-bond donors (Lipinski definition) is 2. The van der Waals surface area contributed by atoms with E-state index in [-0.39, 0.29) is 18.4 Å². The number of esters is 1. The van der Waals surface area contributed by atoms with E-state index in [9.17, 15) is 14.4 Å². The van der Waals surface area contributed by atoms with Gasteiger partial charge in [-0.3, -0.25) is 14.4 Å². The van der Waals surface area contributed by atoms with Crippen molar-refractivity contribution in [3.05, 3.63) is 65.7 Å². The van der Waals surface area contributed by atoms with Crippen molar-refractivity contribution in [1.29, 1.82) is 0 Å². The van der Waals surface area contributed by atoms with E-state index >= 15 is 0 Å². The maximum Gasteiger partial charge on any atom is 0.315 e. The Kier molecular flexibility index (Phi) is 6.28. The van der Waals surface area contributed by atoms with Gasteiger partial charge in [0.25, 0.3) is 5.91 Å². The number of rotatable bonds is 6. The van der Waals surface area contributed by atoms with Crippen molar-refractivity contribution in [2.45, 2.75) is 19.4 Å². The predicted molar refractivity (Wildman–Crippen MR) is 94.0 cm³/mol. The summed E-state index contributed by atoms with van der Waals surface area (Å²) < 4.78 is 4.43. The third-order valence-electron chi connectivity index (χ3n) is 3.61. The van der Waals surface area contributed by atoms with E-state index < -0.39 is 11.9 Å². The monoisotopic (exact) mass is 340 g/mol. The van der Waals surface area contributed by atoms with Crippen molar-refractivity contribution < 1.29 is 19.1 Å². The van der Waals surface area contributed by atoms with Crippen LogP contribution in [0.3, 0.4) is 0 Å². The molecular weight excluding hydrogens is 320 g/mol. The van der Waals surface area contributed by atoms with Gasteiger partial charge in [-0.25, -0.2) is 0 Å².